The van der Waals surface area contributed by atoms with E-state index in [-0.39, 0.29) is 11.9 Å². The summed E-state index contributed by atoms with van der Waals surface area (Å²) in [6.45, 7) is 0. The molecule has 1 saturated heterocycles. The maximum absolute atomic E-state index is 11.5. The Morgan fingerprint density at radius 1 is 1.23 bits per heavy atom. The number of fused-ring (bicyclic) bond motifs is 5. The molecule has 2 saturated carbocycles. The summed E-state index contributed by atoms with van der Waals surface area (Å²) in [6, 6.07) is 0. The van der Waals surface area contributed by atoms with E-state index < -0.39 is 6.29 Å². The molecule has 0 aromatic heterocycles. The third kappa shape index (κ3) is 0.966. The molecule has 3 heteroatoms. The fourth-order valence-corrected chi connectivity index (χ4v) is 3.61. The predicted molar refractivity (Wildman–Crippen MR) is 44.5 cm³/mol. The Labute approximate surface area is 77.1 Å². The first-order valence-corrected chi connectivity index (χ1v) is 5.14. The van der Waals surface area contributed by atoms with Crippen molar-refractivity contribution in [3.63, 3.8) is 0 Å². The smallest absolute Gasteiger partial charge is 0.311 e. The summed E-state index contributed by atoms with van der Waals surface area (Å²) < 4.78 is 4.87. The first-order chi connectivity index (χ1) is 6.25. The molecule has 1 unspecified atom stereocenters. The fraction of sp³-hybridized carbons (Fsp3) is 0.900. The largest absolute Gasteiger partial charge is 0.436 e. The number of hydrogen-bond donors (Lipinski definition) is 1. The van der Waals surface area contributed by atoms with E-state index in [2.05, 4.69) is 0 Å². The first kappa shape index (κ1) is 7.80. The van der Waals surface area contributed by atoms with E-state index in [1.165, 1.54) is 19.3 Å². The summed E-state index contributed by atoms with van der Waals surface area (Å²) in [6.07, 6.45) is 3.49. The van der Waals surface area contributed by atoms with Crippen molar-refractivity contribution in [1.82, 2.24) is 0 Å². The van der Waals surface area contributed by atoms with Crippen LogP contribution in [0.5, 0.6) is 0 Å². The average Bonchev–Trinajstić information content (AvgIpc) is 2.62. The van der Waals surface area contributed by atoms with Gasteiger partial charge >= 0.3 is 5.97 Å². The van der Waals surface area contributed by atoms with Gasteiger partial charge in [-0.3, -0.25) is 4.79 Å². The molecule has 2 aliphatic carbocycles. The highest BCUT2D eigenvalue weighted by molar-refractivity contribution is 5.74. The van der Waals surface area contributed by atoms with Crippen molar-refractivity contribution in [2.45, 2.75) is 32.0 Å². The summed E-state index contributed by atoms with van der Waals surface area (Å²) >= 11 is 0. The van der Waals surface area contributed by atoms with Gasteiger partial charge in [-0.15, -0.1) is 0 Å². The van der Waals surface area contributed by atoms with Crippen LogP contribution in [0.4, 0.5) is 0 Å². The third-order valence-electron chi connectivity index (χ3n) is 4.09. The van der Waals surface area contributed by atoms with E-state index in [0.717, 1.165) is 0 Å². The number of esters is 1. The lowest BCUT2D eigenvalue weighted by Gasteiger charge is -2.35. The minimum atomic E-state index is -0.826. The normalized spacial score (nSPS) is 53.3. The Morgan fingerprint density at radius 2 is 2.00 bits per heavy atom. The molecule has 1 heterocycles. The van der Waals surface area contributed by atoms with Crippen LogP contribution in [0.25, 0.3) is 0 Å². The van der Waals surface area contributed by atoms with Crippen LogP contribution in [0.15, 0.2) is 0 Å². The van der Waals surface area contributed by atoms with Crippen LogP contribution in [0, 0.1) is 23.7 Å². The zero-order valence-electron chi connectivity index (χ0n) is 7.48. The van der Waals surface area contributed by atoms with Gasteiger partial charge in [0, 0.05) is 6.42 Å². The molecule has 72 valence electrons. The highest BCUT2D eigenvalue weighted by Gasteiger charge is 2.54. The van der Waals surface area contributed by atoms with E-state index in [9.17, 15) is 9.90 Å². The molecule has 0 aromatic rings. The summed E-state index contributed by atoms with van der Waals surface area (Å²) in [7, 11) is 0. The topological polar surface area (TPSA) is 46.5 Å². The Bertz CT molecular complexity index is 251. The Morgan fingerprint density at radius 3 is 2.85 bits per heavy atom. The standard InChI is InChI=1S/C10H14O3/c11-8-4-7-5-1-2-6(3-5)9(7)10(12)13-8/h5-9,11H,1-4H2/t5-,6+,7-,8?,9+/m0/s1. The molecule has 0 spiro atoms. The second kappa shape index (κ2) is 2.47. The van der Waals surface area contributed by atoms with Gasteiger partial charge in [0.2, 0.25) is 6.29 Å². The van der Waals surface area contributed by atoms with Gasteiger partial charge in [-0.1, -0.05) is 0 Å². The lowest BCUT2D eigenvalue weighted by atomic mass is 9.76. The maximum atomic E-state index is 11.5. The van der Waals surface area contributed by atoms with Crippen LogP contribution in [-0.4, -0.2) is 17.4 Å². The number of carbonyl (C=O) groups is 1. The van der Waals surface area contributed by atoms with Crippen molar-refractivity contribution >= 4 is 5.97 Å². The number of cyclic esters (lactones) is 1. The van der Waals surface area contributed by atoms with Gasteiger partial charge in [-0.05, 0) is 37.0 Å². The summed E-state index contributed by atoms with van der Waals surface area (Å²) in [4.78, 5) is 11.5. The lowest BCUT2D eigenvalue weighted by molar-refractivity contribution is -0.194. The molecule has 0 radical (unpaired) electrons. The zero-order chi connectivity index (χ0) is 9.00. The van der Waals surface area contributed by atoms with Crippen molar-refractivity contribution < 1.29 is 14.6 Å². The van der Waals surface area contributed by atoms with E-state index in [1.807, 2.05) is 0 Å². The summed E-state index contributed by atoms with van der Waals surface area (Å²) in [5.74, 6) is 1.67. The number of ether oxygens (including phenoxy) is 1. The first-order valence-electron chi connectivity index (χ1n) is 5.14. The van der Waals surface area contributed by atoms with Crippen LogP contribution in [0.3, 0.4) is 0 Å². The highest BCUT2D eigenvalue weighted by atomic mass is 16.6. The van der Waals surface area contributed by atoms with Crippen LogP contribution in [-0.2, 0) is 9.53 Å². The van der Waals surface area contributed by atoms with Crippen LogP contribution < -0.4 is 0 Å². The van der Waals surface area contributed by atoms with Crippen molar-refractivity contribution in [3.8, 4) is 0 Å². The van der Waals surface area contributed by atoms with Crippen LogP contribution in [0.2, 0.25) is 0 Å². The Hall–Kier alpha value is -0.570. The lowest BCUT2D eigenvalue weighted by Crippen LogP contribution is -2.40. The number of aliphatic hydroxyl groups excluding tert-OH is 1. The van der Waals surface area contributed by atoms with Crippen molar-refractivity contribution in [2.75, 3.05) is 0 Å². The zero-order valence-corrected chi connectivity index (χ0v) is 7.48. The number of aliphatic hydroxyl groups is 1. The Kier molecular flexibility index (Phi) is 1.48. The van der Waals surface area contributed by atoms with E-state index in [4.69, 9.17) is 4.74 Å². The average molecular weight is 182 g/mol. The van der Waals surface area contributed by atoms with Gasteiger partial charge in [-0.25, -0.2) is 0 Å². The fourth-order valence-electron chi connectivity index (χ4n) is 3.61. The summed E-state index contributed by atoms with van der Waals surface area (Å²) in [5, 5.41) is 9.31. The molecular weight excluding hydrogens is 168 g/mol. The molecule has 3 aliphatic rings. The molecular formula is C10H14O3. The third-order valence-corrected chi connectivity index (χ3v) is 4.09. The number of hydrogen-bond acceptors (Lipinski definition) is 3. The van der Waals surface area contributed by atoms with Gasteiger partial charge in [-0.2, -0.15) is 0 Å². The Balaban J connectivity index is 1.89. The number of carbonyl (C=O) groups excluding carboxylic acids is 1. The minimum absolute atomic E-state index is 0.127. The maximum Gasteiger partial charge on any atom is 0.311 e. The van der Waals surface area contributed by atoms with E-state index >= 15 is 0 Å². The van der Waals surface area contributed by atoms with Gasteiger partial charge < -0.3 is 9.84 Å². The SMILES string of the molecule is O=C1OC(O)C[C@H]2[C@H]3CC[C@H](C3)[C@@H]12. The molecule has 3 nitrogen and oxygen atoms in total. The van der Waals surface area contributed by atoms with Gasteiger partial charge in [0.15, 0.2) is 0 Å². The summed E-state index contributed by atoms with van der Waals surface area (Å²) in [5.41, 5.74) is 0. The molecule has 13 heavy (non-hydrogen) atoms. The van der Waals surface area contributed by atoms with Crippen molar-refractivity contribution in [3.05, 3.63) is 0 Å². The molecule has 0 amide bonds. The van der Waals surface area contributed by atoms with Gasteiger partial charge in [0.1, 0.15) is 0 Å². The van der Waals surface area contributed by atoms with E-state index in [1.54, 1.807) is 0 Å². The second-order valence-electron chi connectivity index (χ2n) is 4.65. The van der Waals surface area contributed by atoms with Crippen LogP contribution in [0.1, 0.15) is 25.7 Å². The monoisotopic (exact) mass is 182 g/mol. The highest BCUT2D eigenvalue weighted by Crippen LogP contribution is 2.55. The predicted octanol–water partition coefficient (Wildman–Crippen LogP) is 0.914. The quantitative estimate of drug-likeness (QED) is 0.566. The van der Waals surface area contributed by atoms with Crippen molar-refractivity contribution in [1.29, 1.82) is 0 Å². The van der Waals surface area contributed by atoms with Gasteiger partial charge in [0.05, 0.1) is 5.92 Å². The molecule has 3 fully saturated rings. The number of rotatable bonds is 0. The second-order valence-corrected chi connectivity index (χ2v) is 4.65. The minimum Gasteiger partial charge on any atom is -0.436 e. The molecule has 2 bridgehead atoms. The molecule has 5 atom stereocenters. The molecule has 1 aliphatic heterocycles. The molecule has 1 N–H and O–H groups in total. The van der Waals surface area contributed by atoms with E-state index in [0.29, 0.717) is 24.2 Å². The van der Waals surface area contributed by atoms with Crippen LogP contribution >= 0.6 is 0 Å². The molecule has 0 aromatic carbocycles. The molecule has 3 rings (SSSR count). The van der Waals surface area contributed by atoms with Gasteiger partial charge in [0.25, 0.3) is 0 Å². The van der Waals surface area contributed by atoms with Crippen molar-refractivity contribution in [2.24, 2.45) is 23.7 Å².